The number of para-hydroxylation sites is 1. The number of benzene rings is 1. The fraction of sp³-hybridized carbons (Fsp3) is 0.538. The zero-order valence-corrected chi connectivity index (χ0v) is 12.1. The van der Waals surface area contributed by atoms with E-state index >= 15 is 0 Å². The van der Waals surface area contributed by atoms with Gasteiger partial charge in [0.2, 0.25) is 0 Å². The Morgan fingerprint density at radius 3 is 2.57 bits per heavy atom. The van der Waals surface area contributed by atoms with Crippen LogP contribution in [0.15, 0.2) is 29.2 Å². The molecule has 0 radical (unpaired) electrons. The number of halogens is 3. The molecule has 0 saturated carbocycles. The van der Waals surface area contributed by atoms with E-state index in [1.807, 2.05) is 0 Å². The van der Waals surface area contributed by atoms with E-state index in [0.717, 1.165) is 31.9 Å². The van der Waals surface area contributed by atoms with Gasteiger partial charge in [-0.2, -0.15) is 13.2 Å². The summed E-state index contributed by atoms with van der Waals surface area (Å²) >= 11 is 0. The highest BCUT2D eigenvalue weighted by Gasteiger charge is 2.47. The zero-order chi connectivity index (χ0) is 15.5. The number of sulfone groups is 1. The quantitative estimate of drug-likeness (QED) is 0.894. The zero-order valence-electron chi connectivity index (χ0n) is 11.3. The molecule has 8 heteroatoms. The number of hydrogen-bond donors (Lipinski definition) is 2. The maximum Gasteiger partial charge on any atom is 0.501 e. The van der Waals surface area contributed by atoms with Crippen LogP contribution >= 0.6 is 0 Å². The Hall–Kier alpha value is -1.28. The lowest BCUT2D eigenvalue weighted by atomic mass is 10.1. The number of alkyl halides is 3. The van der Waals surface area contributed by atoms with Crippen LogP contribution in [0.2, 0.25) is 0 Å². The second-order valence-corrected chi connectivity index (χ2v) is 6.88. The van der Waals surface area contributed by atoms with E-state index in [1.165, 1.54) is 18.2 Å². The number of piperidine rings is 1. The van der Waals surface area contributed by atoms with Crippen molar-refractivity contribution in [1.29, 1.82) is 0 Å². The molecule has 4 nitrogen and oxygen atoms in total. The van der Waals surface area contributed by atoms with Gasteiger partial charge in [-0.05, 0) is 31.5 Å². The van der Waals surface area contributed by atoms with Crippen molar-refractivity contribution in [3.63, 3.8) is 0 Å². The summed E-state index contributed by atoms with van der Waals surface area (Å²) in [5.74, 6) is 0. The predicted molar refractivity (Wildman–Crippen MR) is 73.8 cm³/mol. The topological polar surface area (TPSA) is 58.2 Å². The Balaban J connectivity index is 2.17. The largest absolute Gasteiger partial charge is 0.501 e. The van der Waals surface area contributed by atoms with E-state index in [2.05, 4.69) is 10.6 Å². The minimum absolute atomic E-state index is 0.0119. The first kappa shape index (κ1) is 16.1. The maximum absolute atomic E-state index is 12.7. The normalized spacial score (nSPS) is 20.2. The molecule has 1 aromatic rings. The Morgan fingerprint density at radius 2 is 1.95 bits per heavy atom. The van der Waals surface area contributed by atoms with Crippen LogP contribution in [0, 0.1) is 0 Å². The summed E-state index contributed by atoms with van der Waals surface area (Å²) in [4.78, 5) is -0.728. The Kier molecular flexibility index (Phi) is 4.77. The molecule has 2 rings (SSSR count). The molecule has 118 valence electrons. The maximum atomic E-state index is 12.7. The van der Waals surface area contributed by atoms with Crippen molar-refractivity contribution in [3.05, 3.63) is 24.3 Å². The SMILES string of the molecule is O=S(=O)(c1ccccc1NCC1CCCCN1)C(F)(F)F. The van der Waals surface area contributed by atoms with Gasteiger partial charge in [-0.1, -0.05) is 18.6 Å². The van der Waals surface area contributed by atoms with E-state index in [4.69, 9.17) is 0 Å². The van der Waals surface area contributed by atoms with Crippen LogP contribution in [0.5, 0.6) is 0 Å². The summed E-state index contributed by atoms with van der Waals surface area (Å²) in [7, 11) is -5.34. The van der Waals surface area contributed by atoms with Crippen LogP contribution < -0.4 is 10.6 Å². The van der Waals surface area contributed by atoms with E-state index < -0.39 is 20.2 Å². The van der Waals surface area contributed by atoms with Gasteiger partial charge in [0.15, 0.2) is 0 Å². The summed E-state index contributed by atoms with van der Waals surface area (Å²) in [6, 6.07) is 5.25. The number of rotatable bonds is 4. The van der Waals surface area contributed by atoms with Crippen molar-refractivity contribution < 1.29 is 21.6 Å². The van der Waals surface area contributed by atoms with E-state index in [9.17, 15) is 21.6 Å². The van der Waals surface area contributed by atoms with Crippen LogP contribution in [0.25, 0.3) is 0 Å². The predicted octanol–water partition coefficient (Wildman–Crippen LogP) is 2.53. The Labute approximate surface area is 121 Å². The lowest BCUT2D eigenvalue weighted by Gasteiger charge is -2.24. The van der Waals surface area contributed by atoms with E-state index in [0.29, 0.717) is 6.54 Å². The summed E-state index contributed by atoms with van der Waals surface area (Å²) in [6.45, 7) is 1.26. The first-order chi connectivity index (χ1) is 9.82. The number of nitrogens with one attached hydrogen (secondary N) is 2. The number of anilines is 1. The molecule has 21 heavy (non-hydrogen) atoms. The second-order valence-electron chi connectivity index (χ2n) is 4.97. The van der Waals surface area contributed by atoms with Crippen molar-refractivity contribution in [2.24, 2.45) is 0 Å². The van der Waals surface area contributed by atoms with E-state index in [1.54, 1.807) is 0 Å². The highest BCUT2D eigenvalue weighted by Crippen LogP contribution is 2.34. The van der Waals surface area contributed by atoms with Crippen molar-refractivity contribution in [2.75, 3.05) is 18.4 Å². The summed E-state index contributed by atoms with van der Waals surface area (Å²) < 4.78 is 61.1. The molecular weight excluding hydrogens is 305 g/mol. The molecule has 1 aliphatic heterocycles. The summed E-state index contributed by atoms with van der Waals surface area (Å²) in [5, 5.41) is 6.06. The van der Waals surface area contributed by atoms with Gasteiger partial charge in [-0.15, -0.1) is 0 Å². The Bertz CT molecular complexity index is 581. The smallest absolute Gasteiger partial charge is 0.382 e. The third kappa shape index (κ3) is 3.68. The monoisotopic (exact) mass is 322 g/mol. The van der Waals surface area contributed by atoms with Crippen molar-refractivity contribution in [3.8, 4) is 0 Å². The van der Waals surface area contributed by atoms with Crippen LogP contribution in [-0.4, -0.2) is 33.1 Å². The average molecular weight is 322 g/mol. The lowest BCUT2D eigenvalue weighted by Crippen LogP contribution is -2.39. The molecular formula is C13H17F3N2O2S. The van der Waals surface area contributed by atoms with Gasteiger partial charge in [-0.3, -0.25) is 0 Å². The van der Waals surface area contributed by atoms with Gasteiger partial charge in [0.25, 0.3) is 9.84 Å². The van der Waals surface area contributed by atoms with Gasteiger partial charge in [-0.25, -0.2) is 8.42 Å². The fourth-order valence-corrected chi connectivity index (χ4v) is 3.24. The minimum atomic E-state index is -5.34. The fourth-order valence-electron chi connectivity index (χ4n) is 2.30. The van der Waals surface area contributed by atoms with Gasteiger partial charge in [0.1, 0.15) is 0 Å². The molecule has 0 aliphatic carbocycles. The molecule has 0 spiro atoms. The molecule has 1 unspecified atom stereocenters. The molecule has 0 amide bonds. The molecule has 0 bridgehead atoms. The summed E-state index contributed by atoms with van der Waals surface area (Å²) in [6.07, 6.45) is 3.05. The molecule has 1 saturated heterocycles. The molecule has 1 aromatic carbocycles. The highest BCUT2D eigenvalue weighted by atomic mass is 32.2. The molecule has 2 N–H and O–H groups in total. The first-order valence-electron chi connectivity index (χ1n) is 6.70. The standard InChI is InChI=1S/C13H17F3N2O2S/c14-13(15,16)21(19,20)12-7-2-1-6-11(12)18-9-10-5-3-4-8-17-10/h1-2,6-7,10,17-18H,3-5,8-9H2. The highest BCUT2D eigenvalue weighted by molar-refractivity contribution is 7.92. The van der Waals surface area contributed by atoms with Crippen LogP contribution in [-0.2, 0) is 9.84 Å². The third-order valence-electron chi connectivity index (χ3n) is 3.43. The van der Waals surface area contributed by atoms with Crippen LogP contribution in [0.3, 0.4) is 0 Å². The van der Waals surface area contributed by atoms with Gasteiger partial charge in [0, 0.05) is 12.6 Å². The molecule has 1 fully saturated rings. The van der Waals surface area contributed by atoms with Gasteiger partial charge < -0.3 is 10.6 Å². The minimum Gasteiger partial charge on any atom is -0.382 e. The van der Waals surface area contributed by atoms with Gasteiger partial charge >= 0.3 is 5.51 Å². The second kappa shape index (κ2) is 6.23. The molecule has 1 aliphatic rings. The molecule has 1 heterocycles. The molecule has 0 aromatic heterocycles. The van der Waals surface area contributed by atoms with Crippen molar-refractivity contribution in [1.82, 2.24) is 5.32 Å². The van der Waals surface area contributed by atoms with E-state index in [-0.39, 0.29) is 11.7 Å². The average Bonchev–Trinajstić information content (AvgIpc) is 2.45. The van der Waals surface area contributed by atoms with Crippen LogP contribution in [0.1, 0.15) is 19.3 Å². The van der Waals surface area contributed by atoms with Gasteiger partial charge in [0.05, 0.1) is 10.6 Å². The van der Waals surface area contributed by atoms with Crippen LogP contribution in [0.4, 0.5) is 18.9 Å². The summed E-state index contributed by atoms with van der Waals surface area (Å²) in [5.41, 5.74) is -5.31. The Morgan fingerprint density at radius 1 is 1.24 bits per heavy atom. The van der Waals surface area contributed by atoms with Crippen molar-refractivity contribution >= 4 is 15.5 Å². The molecule has 1 atom stereocenters. The third-order valence-corrected chi connectivity index (χ3v) is 4.98. The number of hydrogen-bond acceptors (Lipinski definition) is 4. The van der Waals surface area contributed by atoms with Crippen molar-refractivity contribution in [2.45, 2.75) is 35.7 Å². The first-order valence-corrected chi connectivity index (χ1v) is 8.18. The lowest BCUT2D eigenvalue weighted by molar-refractivity contribution is -0.0435.